The van der Waals surface area contributed by atoms with E-state index in [9.17, 15) is 4.79 Å². The number of ether oxygens (including phenoxy) is 1. The number of hydrazone groups is 1. The number of nitrogens with zero attached hydrogens (tertiary/aromatic N) is 1. The SMILES string of the molecule is COc1ccc(N/N=C(/Sc2ccc(SC)cc2)C(C)=O)cc1. The van der Waals surface area contributed by atoms with E-state index >= 15 is 0 Å². The highest BCUT2D eigenvalue weighted by atomic mass is 32.2. The van der Waals surface area contributed by atoms with E-state index < -0.39 is 0 Å². The second-order valence-electron chi connectivity index (χ2n) is 4.59. The highest BCUT2D eigenvalue weighted by molar-refractivity contribution is 8.15. The molecule has 0 amide bonds. The molecule has 0 heterocycles. The number of anilines is 1. The van der Waals surface area contributed by atoms with Crippen LogP contribution in [0.4, 0.5) is 5.69 Å². The summed E-state index contributed by atoms with van der Waals surface area (Å²) < 4.78 is 5.11. The number of carbonyl (C=O) groups is 1. The number of Topliss-reactive ketones (excluding diaryl/α,β-unsaturated/α-hetero) is 1. The number of rotatable bonds is 6. The normalized spacial score (nSPS) is 11.2. The predicted molar refractivity (Wildman–Crippen MR) is 98.8 cm³/mol. The minimum atomic E-state index is -0.0787. The molecule has 0 aliphatic carbocycles. The average Bonchev–Trinajstić information content (AvgIpc) is 2.59. The van der Waals surface area contributed by atoms with Crippen molar-refractivity contribution in [2.45, 2.75) is 16.7 Å². The third kappa shape index (κ3) is 5.33. The Hall–Kier alpha value is -1.92. The molecule has 0 aliphatic rings. The summed E-state index contributed by atoms with van der Waals surface area (Å²) in [6, 6.07) is 15.4. The second kappa shape index (κ2) is 8.64. The van der Waals surface area contributed by atoms with Crippen LogP contribution in [0.15, 0.2) is 63.4 Å². The van der Waals surface area contributed by atoms with Crippen LogP contribution >= 0.6 is 23.5 Å². The Labute approximate surface area is 144 Å². The summed E-state index contributed by atoms with van der Waals surface area (Å²) in [4.78, 5) is 13.9. The van der Waals surface area contributed by atoms with Gasteiger partial charge in [-0.3, -0.25) is 10.2 Å². The molecular weight excluding hydrogens is 328 g/mol. The van der Waals surface area contributed by atoms with Gasteiger partial charge < -0.3 is 4.74 Å². The molecule has 0 aliphatic heterocycles. The zero-order valence-corrected chi connectivity index (χ0v) is 14.8. The number of hydrogen-bond donors (Lipinski definition) is 1. The summed E-state index contributed by atoms with van der Waals surface area (Å²) in [6.07, 6.45) is 2.03. The summed E-state index contributed by atoms with van der Waals surface area (Å²) >= 11 is 3.03. The molecule has 2 aromatic carbocycles. The van der Waals surface area contributed by atoms with Gasteiger partial charge in [-0.2, -0.15) is 5.10 Å². The van der Waals surface area contributed by atoms with Crippen molar-refractivity contribution in [1.82, 2.24) is 0 Å². The van der Waals surface area contributed by atoms with Gasteiger partial charge in [0, 0.05) is 16.7 Å². The summed E-state index contributed by atoms with van der Waals surface area (Å²) in [5, 5.41) is 4.64. The molecule has 23 heavy (non-hydrogen) atoms. The lowest BCUT2D eigenvalue weighted by atomic mass is 10.3. The Balaban J connectivity index is 2.08. The molecule has 0 radical (unpaired) electrons. The molecule has 1 N–H and O–H groups in total. The van der Waals surface area contributed by atoms with Crippen LogP contribution < -0.4 is 10.2 Å². The number of nitrogens with one attached hydrogen (secondary N) is 1. The molecule has 2 rings (SSSR count). The molecule has 6 heteroatoms. The monoisotopic (exact) mass is 346 g/mol. The highest BCUT2D eigenvalue weighted by Crippen LogP contribution is 2.24. The fraction of sp³-hybridized carbons (Fsp3) is 0.176. The Morgan fingerprint density at radius 2 is 1.65 bits per heavy atom. The van der Waals surface area contributed by atoms with Gasteiger partial charge in [-0.15, -0.1) is 11.8 Å². The van der Waals surface area contributed by atoms with Crippen LogP contribution in [0.25, 0.3) is 0 Å². The first-order valence-electron chi connectivity index (χ1n) is 6.93. The zero-order valence-electron chi connectivity index (χ0n) is 13.2. The largest absolute Gasteiger partial charge is 0.497 e. The van der Waals surface area contributed by atoms with E-state index in [1.54, 1.807) is 18.9 Å². The number of ketones is 1. The lowest BCUT2D eigenvalue weighted by molar-refractivity contribution is -0.110. The number of carbonyl (C=O) groups excluding carboxylic acids is 1. The molecule has 4 nitrogen and oxygen atoms in total. The van der Waals surface area contributed by atoms with Gasteiger partial charge in [0.2, 0.25) is 0 Å². The molecule has 120 valence electrons. The number of hydrogen-bond acceptors (Lipinski definition) is 6. The molecule has 0 aromatic heterocycles. The maximum absolute atomic E-state index is 11.8. The number of thioether (sulfide) groups is 2. The van der Waals surface area contributed by atoms with Crippen molar-refractivity contribution < 1.29 is 9.53 Å². The predicted octanol–water partition coefficient (Wildman–Crippen LogP) is 4.52. The summed E-state index contributed by atoms with van der Waals surface area (Å²) in [6.45, 7) is 1.51. The summed E-state index contributed by atoms with van der Waals surface area (Å²) in [7, 11) is 1.62. The van der Waals surface area contributed by atoms with Gasteiger partial charge in [0.25, 0.3) is 0 Å². The van der Waals surface area contributed by atoms with Gasteiger partial charge in [0.05, 0.1) is 12.8 Å². The Morgan fingerprint density at radius 1 is 1.04 bits per heavy atom. The van der Waals surface area contributed by atoms with Crippen LogP contribution in [-0.2, 0) is 4.79 Å². The maximum Gasteiger partial charge on any atom is 0.186 e. The van der Waals surface area contributed by atoms with E-state index in [4.69, 9.17) is 4.74 Å². The van der Waals surface area contributed by atoms with E-state index in [1.807, 2.05) is 54.8 Å². The standard InChI is InChI=1S/C17H18N2O2S2/c1-12(20)17(23-16-10-8-15(22-3)9-11-16)19-18-13-4-6-14(21-2)7-5-13/h4-11,18H,1-3H3/b19-17+. The molecule has 0 unspecified atom stereocenters. The topological polar surface area (TPSA) is 50.7 Å². The van der Waals surface area contributed by atoms with Gasteiger partial charge in [-0.25, -0.2) is 0 Å². The van der Waals surface area contributed by atoms with Crippen molar-refractivity contribution in [3.05, 3.63) is 48.5 Å². The van der Waals surface area contributed by atoms with Crippen molar-refractivity contribution in [2.24, 2.45) is 5.10 Å². The number of benzene rings is 2. The minimum Gasteiger partial charge on any atom is -0.497 e. The molecule has 0 spiro atoms. The first-order valence-corrected chi connectivity index (χ1v) is 8.97. The van der Waals surface area contributed by atoms with Crippen molar-refractivity contribution >= 4 is 40.0 Å². The van der Waals surface area contributed by atoms with Crippen LogP contribution in [0.2, 0.25) is 0 Å². The van der Waals surface area contributed by atoms with Gasteiger partial charge in [0.1, 0.15) is 5.75 Å². The Morgan fingerprint density at radius 3 is 2.17 bits per heavy atom. The van der Waals surface area contributed by atoms with Gasteiger partial charge in [0.15, 0.2) is 10.8 Å². The van der Waals surface area contributed by atoms with Crippen molar-refractivity contribution in [3.8, 4) is 5.75 Å². The van der Waals surface area contributed by atoms with Crippen LogP contribution in [0.3, 0.4) is 0 Å². The second-order valence-corrected chi connectivity index (χ2v) is 6.53. The summed E-state index contributed by atoms with van der Waals surface area (Å²) in [5.74, 6) is 0.694. The zero-order chi connectivity index (χ0) is 16.7. The maximum atomic E-state index is 11.8. The van der Waals surface area contributed by atoms with Crippen LogP contribution in [0, 0.1) is 0 Å². The third-order valence-corrected chi connectivity index (χ3v) is 4.78. The van der Waals surface area contributed by atoms with Gasteiger partial charge in [-0.05, 0) is 54.8 Å². The molecular formula is C17H18N2O2S2. The fourth-order valence-corrected chi connectivity index (χ4v) is 2.85. The Bertz CT molecular complexity index is 683. The molecule has 2 aromatic rings. The fourth-order valence-electron chi connectivity index (χ4n) is 1.71. The van der Waals surface area contributed by atoms with E-state index in [-0.39, 0.29) is 5.78 Å². The summed E-state index contributed by atoms with van der Waals surface area (Å²) in [5.41, 5.74) is 3.70. The quantitative estimate of drug-likeness (QED) is 0.361. The van der Waals surface area contributed by atoms with Crippen molar-refractivity contribution in [2.75, 3.05) is 18.8 Å². The van der Waals surface area contributed by atoms with E-state index in [0.717, 1.165) is 16.3 Å². The molecule has 0 fully saturated rings. The Kier molecular flexibility index (Phi) is 6.55. The van der Waals surface area contributed by atoms with E-state index in [1.165, 1.54) is 23.6 Å². The third-order valence-electron chi connectivity index (χ3n) is 2.95. The van der Waals surface area contributed by atoms with E-state index in [2.05, 4.69) is 10.5 Å². The lowest BCUT2D eigenvalue weighted by Crippen LogP contribution is -2.08. The van der Waals surface area contributed by atoms with Crippen molar-refractivity contribution in [1.29, 1.82) is 0 Å². The van der Waals surface area contributed by atoms with Crippen molar-refractivity contribution in [3.63, 3.8) is 0 Å². The number of methoxy groups -OCH3 is 1. The first-order chi connectivity index (χ1) is 11.1. The van der Waals surface area contributed by atoms with E-state index in [0.29, 0.717) is 5.04 Å². The highest BCUT2D eigenvalue weighted by Gasteiger charge is 2.09. The van der Waals surface area contributed by atoms with Gasteiger partial charge >= 0.3 is 0 Å². The van der Waals surface area contributed by atoms with Gasteiger partial charge in [-0.1, -0.05) is 11.8 Å². The smallest absolute Gasteiger partial charge is 0.186 e. The molecule has 0 atom stereocenters. The minimum absolute atomic E-state index is 0.0787. The molecule has 0 saturated heterocycles. The molecule has 0 bridgehead atoms. The van der Waals surface area contributed by atoms with Crippen LogP contribution in [0.1, 0.15) is 6.92 Å². The van der Waals surface area contributed by atoms with Crippen LogP contribution in [0.5, 0.6) is 5.75 Å². The molecule has 0 saturated carbocycles. The average molecular weight is 346 g/mol. The lowest BCUT2D eigenvalue weighted by Gasteiger charge is -2.06. The van der Waals surface area contributed by atoms with Crippen LogP contribution in [-0.4, -0.2) is 24.2 Å². The first kappa shape index (κ1) is 17.4.